The Morgan fingerprint density at radius 3 is 2.62 bits per heavy atom. The van der Waals surface area contributed by atoms with Gasteiger partial charge >= 0.3 is 5.97 Å². The van der Waals surface area contributed by atoms with Gasteiger partial charge in [-0.2, -0.15) is 0 Å². The van der Waals surface area contributed by atoms with Crippen LogP contribution in [0.5, 0.6) is 0 Å². The van der Waals surface area contributed by atoms with Gasteiger partial charge in [-0.25, -0.2) is 13.2 Å². The first-order valence-electron chi connectivity index (χ1n) is 5.85. The van der Waals surface area contributed by atoms with Crippen LogP contribution in [0.2, 0.25) is 5.02 Å². The van der Waals surface area contributed by atoms with Crippen LogP contribution in [0, 0.1) is 0 Å². The van der Waals surface area contributed by atoms with Crippen molar-refractivity contribution in [3.8, 4) is 0 Å². The zero-order chi connectivity index (χ0) is 15.8. The van der Waals surface area contributed by atoms with E-state index >= 15 is 0 Å². The molecule has 0 aromatic heterocycles. The van der Waals surface area contributed by atoms with Crippen LogP contribution >= 0.6 is 22.3 Å². The Morgan fingerprint density at radius 1 is 1.43 bits per heavy atom. The SMILES string of the molecule is COC(=O)c1ccc(Cl)cc1N1CC(S(=O)(=O)Cl)CC1=O. The Hall–Kier alpha value is -1.31. The maximum Gasteiger partial charge on any atom is 0.339 e. The number of ether oxygens (including phenoxy) is 1. The van der Waals surface area contributed by atoms with Crippen molar-refractivity contribution in [2.24, 2.45) is 0 Å². The predicted octanol–water partition coefficient (Wildman–Crippen LogP) is 1.80. The van der Waals surface area contributed by atoms with E-state index in [0.29, 0.717) is 5.02 Å². The minimum absolute atomic E-state index is 0.128. The van der Waals surface area contributed by atoms with E-state index in [1.54, 1.807) is 0 Å². The highest BCUT2D eigenvalue weighted by Crippen LogP contribution is 2.31. The summed E-state index contributed by atoms with van der Waals surface area (Å²) in [5, 5.41) is -0.709. The molecule has 1 saturated heterocycles. The summed E-state index contributed by atoms with van der Waals surface area (Å²) < 4.78 is 27.4. The summed E-state index contributed by atoms with van der Waals surface area (Å²) in [5.41, 5.74) is 0.338. The Labute approximate surface area is 131 Å². The number of nitrogens with zero attached hydrogens (tertiary/aromatic N) is 1. The highest BCUT2D eigenvalue weighted by Gasteiger charge is 2.39. The van der Waals surface area contributed by atoms with Gasteiger partial charge < -0.3 is 9.64 Å². The van der Waals surface area contributed by atoms with E-state index in [9.17, 15) is 18.0 Å². The van der Waals surface area contributed by atoms with E-state index in [-0.39, 0.29) is 24.2 Å². The van der Waals surface area contributed by atoms with Gasteiger partial charge in [0.1, 0.15) is 5.25 Å². The first-order valence-corrected chi connectivity index (χ1v) is 8.60. The molecule has 21 heavy (non-hydrogen) atoms. The molecule has 2 rings (SSSR count). The van der Waals surface area contributed by atoms with Crippen molar-refractivity contribution in [3.05, 3.63) is 28.8 Å². The van der Waals surface area contributed by atoms with Gasteiger partial charge in [0.2, 0.25) is 15.0 Å². The molecule has 1 atom stereocenters. The minimum Gasteiger partial charge on any atom is -0.465 e. The maximum atomic E-state index is 12.0. The minimum atomic E-state index is -3.86. The van der Waals surface area contributed by atoms with Crippen LogP contribution in [0.1, 0.15) is 16.8 Å². The van der Waals surface area contributed by atoms with Gasteiger partial charge in [0.25, 0.3) is 0 Å². The number of hydrogen-bond donors (Lipinski definition) is 0. The number of esters is 1. The van der Waals surface area contributed by atoms with Crippen LogP contribution in [0.15, 0.2) is 18.2 Å². The molecule has 9 heteroatoms. The van der Waals surface area contributed by atoms with Gasteiger partial charge in [-0.05, 0) is 18.2 Å². The average Bonchev–Trinajstić information content (AvgIpc) is 2.79. The molecule has 0 saturated carbocycles. The normalized spacial score (nSPS) is 18.9. The molecule has 114 valence electrons. The van der Waals surface area contributed by atoms with Crippen molar-refractivity contribution >= 4 is 48.9 Å². The summed E-state index contributed by atoms with van der Waals surface area (Å²) in [6, 6.07) is 4.31. The number of anilines is 1. The van der Waals surface area contributed by atoms with Crippen LogP contribution in [-0.2, 0) is 18.6 Å². The van der Waals surface area contributed by atoms with Crippen molar-refractivity contribution in [1.29, 1.82) is 0 Å². The molecule has 1 aliphatic heterocycles. The van der Waals surface area contributed by atoms with Crippen LogP contribution < -0.4 is 4.90 Å². The van der Waals surface area contributed by atoms with Crippen LogP contribution in [0.4, 0.5) is 5.69 Å². The molecule has 1 fully saturated rings. The van der Waals surface area contributed by atoms with Gasteiger partial charge in [0, 0.05) is 28.7 Å². The monoisotopic (exact) mass is 351 g/mol. The highest BCUT2D eigenvalue weighted by molar-refractivity contribution is 8.14. The summed E-state index contributed by atoms with van der Waals surface area (Å²) >= 11 is 5.88. The number of carbonyl (C=O) groups is 2. The Kier molecular flexibility index (Phi) is 4.46. The summed E-state index contributed by atoms with van der Waals surface area (Å²) in [4.78, 5) is 24.9. The van der Waals surface area contributed by atoms with Crippen molar-refractivity contribution in [1.82, 2.24) is 0 Å². The molecule has 1 unspecified atom stereocenters. The van der Waals surface area contributed by atoms with Crippen LogP contribution in [-0.4, -0.2) is 39.2 Å². The summed E-state index contributed by atoms with van der Waals surface area (Å²) in [7, 11) is 2.64. The summed E-state index contributed by atoms with van der Waals surface area (Å²) in [6.07, 6.45) is -0.237. The van der Waals surface area contributed by atoms with Crippen LogP contribution in [0.25, 0.3) is 0 Å². The van der Waals surface area contributed by atoms with Gasteiger partial charge in [-0.3, -0.25) is 4.79 Å². The fraction of sp³-hybridized carbons (Fsp3) is 0.333. The third-order valence-electron chi connectivity index (χ3n) is 3.14. The Balaban J connectivity index is 2.45. The number of rotatable bonds is 3. The Bertz CT molecular complexity index is 704. The zero-order valence-corrected chi connectivity index (χ0v) is 13.2. The summed E-state index contributed by atoms with van der Waals surface area (Å²) in [6.45, 7) is -0.130. The molecule has 1 aromatic carbocycles. The predicted molar refractivity (Wildman–Crippen MR) is 78.3 cm³/mol. The largest absolute Gasteiger partial charge is 0.465 e. The molecule has 1 aromatic rings. The molecular formula is C12H11Cl2NO5S. The lowest BCUT2D eigenvalue weighted by Crippen LogP contribution is -2.28. The van der Waals surface area contributed by atoms with E-state index in [1.165, 1.54) is 30.2 Å². The molecule has 1 aliphatic rings. The molecule has 1 heterocycles. The number of carbonyl (C=O) groups excluding carboxylic acids is 2. The number of benzene rings is 1. The van der Waals surface area contributed by atoms with Crippen molar-refractivity contribution in [2.75, 3.05) is 18.6 Å². The third kappa shape index (κ3) is 3.30. The lowest BCUT2D eigenvalue weighted by molar-refractivity contribution is -0.117. The quantitative estimate of drug-likeness (QED) is 0.612. The second-order valence-corrected chi connectivity index (χ2v) is 7.80. The third-order valence-corrected chi connectivity index (χ3v) is 5.25. The first kappa shape index (κ1) is 16.1. The second kappa shape index (κ2) is 5.82. The van der Waals surface area contributed by atoms with Crippen molar-refractivity contribution in [2.45, 2.75) is 11.7 Å². The molecule has 0 radical (unpaired) electrons. The topological polar surface area (TPSA) is 80.8 Å². The lowest BCUT2D eigenvalue weighted by atomic mass is 10.1. The van der Waals surface area contributed by atoms with Gasteiger partial charge in [-0.1, -0.05) is 11.6 Å². The molecule has 0 N–H and O–H groups in total. The molecule has 6 nitrogen and oxygen atoms in total. The fourth-order valence-corrected chi connectivity index (χ4v) is 3.30. The average molecular weight is 352 g/mol. The molecule has 0 bridgehead atoms. The molecular weight excluding hydrogens is 341 g/mol. The van der Waals surface area contributed by atoms with E-state index in [4.69, 9.17) is 22.3 Å². The van der Waals surface area contributed by atoms with Crippen LogP contribution in [0.3, 0.4) is 0 Å². The fourth-order valence-electron chi connectivity index (χ4n) is 2.11. The first-order chi connectivity index (χ1) is 9.74. The number of methoxy groups -OCH3 is 1. The maximum absolute atomic E-state index is 12.0. The smallest absolute Gasteiger partial charge is 0.339 e. The lowest BCUT2D eigenvalue weighted by Gasteiger charge is -2.19. The highest BCUT2D eigenvalue weighted by atomic mass is 35.7. The number of amides is 1. The van der Waals surface area contributed by atoms with Crippen molar-refractivity contribution < 1.29 is 22.7 Å². The number of hydrogen-bond acceptors (Lipinski definition) is 5. The molecule has 0 spiro atoms. The second-order valence-electron chi connectivity index (χ2n) is 4.46. The van der Waals surface area contributed by atoms with E-state index < -0.39 is 26.2 Å². The van der Waals surface area contributed by atoms with E-state index in [0.717, 1.165) is 0 Å². The van der Waals surface area contributed by atoms with Crippen molar-refractivity contribution in [3.63, 3.8) is 0 Å². The molecule has 1 amide bonds. The van der Waals surface area contributed by atoms with E-state index in [2.05, 4.69) is 4.74 Å². The van der Waals surface area contributed by atoms with Gasteiger partial charge in [0.05, 0.1) is 18.4 Å². The standard InChI is InChI=1S/C12H11Cl2NO5S/c1-20-12(17)9-3-2-7(13)4-10(9)15-6-8(5-11(15)16)21(14,18)19/h2-4,8H,5-6H2,1H3. The van der Waals surface area contributed by atoms with E-state index in [1.807, 2.05) is 0 Å². The Morgan fingerprint density at radius 2 is 2.10 bits per heavy atom. The van der Waals surface area contributed by atoms with Gasteiger partial charge in [0.15, 0.2) is 0 Å². The van der Waals surface area contributed by atoms with Gasteiger partial charge in [-0.15, -0.1) is 0 Å². The summed E-state index contributed by atoms with van der Waals surface area (Å²) in [5.74, 6) is -1.09. The number of halogens is 2. The molecule has 0 aliphatic carbocycles. The zero-order valence-electron chi connectivity index (χ0n) is 10.9.